The predicted molar refractivity (Wildman–Crippen MR) is 106 cm³/mol. The number of pyridine rings is 1. The SMILES string of the molecule is Cc1ccc(N2CCOC[C@@]3(CCCN(Cc4cccc(C)n4)C3)C2)nn1. The molecule has 144 valence electrons. The van der Waals surface area contributed by atoms with Crippen LogP contribution in [0.2, 0.25) is 0 Å². The molecule has 4 rings (SSSR count). The first kappa shape index (κ1) is 18.3. The molecule has 2 fully saturated rings. The van der Waals surface area contributed by atoms with Gasteiger partial charge in [0, 0.05) is 37.3 Å². The Bertz CT molecular complexity index is 765. The maximum atomic E-state index is 6.05. The smallest absolute Gasteiger partial charge is 0.151 e. The van der Waals surface area contributed by atoms with Gasteiger partial charge < -0.3 is 9.64 Å². The molecule has 6 heteroatoms. The Labute approximate surface area is 161 Å². The summed E-state index contributed by atoms with van der Waals surface area (Å²) in [5, 5.41) is 8.66. The van der Waals surface area contributed by atoms with Gasteiger partial charge in [-0.3, -0.25) is 9.88 Å². The summed E-state index contributed by atoms with van der Waals surface area (Å²) in [5.74, 6) is 0.961. The van der Waals surface area contributed by atoms with Crippen LogP contribution in [0.5, 0.6) is 0 Å². The highest BCUT2D eigenvalue weighted by Gasteiger charge is 2.39. The molecule has 2 aromatic heterocycles. The topological polar surface area (TPSA) is 54.4 Å². The first-order valence-electron chi connectivity index (χ1n) is 9.90. The minimum Gasteiger partial charge on any atom is -0.379 e. The first-order valence-corrected chi connectivity index (χ1v) is 9.90. The van der Waals surface area contributed by atoms with Gasteiger partial charge in [-0.15, -0.1) is 5.10 Å². The lowest BCUT2D eigenvalue weighted by molar-refractivity contribution is 0.0103. The summed E-state index contributed by atoms with van der Waals surface area (Å²) in [6, 6.07) is 10.4. The molecular formula is C21H29N5O. The fraction of sp³-hybridized carbons (Fsp3) is 0.571. The van der Waals surface area contributed by atoms with E-state index < -0.39 is 0 Å². The van der Waals surface area contributed by atoms with Crippen LogP contribution in [0.3, 0.4) is 0 Å². The number of nitrogens with zero attached hydrogens (tertiary/aromatic N) is 5. The van der Waals surface area contributed by atoms with Crippen LogP contribution in [0, 0.1) is 19.3 Å². The molecule has 2 aliphatic rings. The summed E-state index contributed by atoms with van der Waals surface area (Å²) in [6.45, 7) is 10.5. The van der Waals surface area contributed by atoms with Gasteiger partial charge in [0.25, 0.3) is 0 Å². The highest BCUT2D eigenvalue weighted by Crippen LogP contribution is 2.34. The summed E-state index contributed by atoms with van der Waals surface area (Å²) in [6.07, 6.45) is 2.39. The molecule has 2 saturated heterocycles. The molecule has 4 heterocycles. The average Bonchev–Trinajstić information content (AvgIpc) is 2.85. The van der Waals surface area contributed by atoms with Crippen molar-refractivity contribution < 1.29 is 4.74 Å². The standard InChI is InChI=1S/C21H29N5O/c1-17-5-3-6-19(22-17)13-25-10-4-9-21(14-25)15-26(11-12-27-16-21)20-8-7-18(2)23-24-20/h3,5-8H,4,9-16H2,1-2H3/t21-/m1/s1. The van der Waals surface area contributed by atoms with Crippen LogP contribution in [0.25, 0.3) is 0 Å². The van der Waals surface area contributed by atoms with Crippen molar-refractivity contribution in [1.29, 1.82) is 0 Å². The zero-order chi connectivity index (χ0) is 18.7. The fourth-order valence-corrected chi connectivity index (χ4v) is 4.36. The Morgan fingerprint density at radius 2 is 1.96 bits per heavy atom. The molecule has 0 aliphatic carbocycles. The van der Waals surface area contributed by atoms with E-state index in [1.807, 2.05) is 13.0 Å². The van der Waals surface area contributed by atoms with Gasteiger partial charge in [0.1, 0.15) is 0 Å². The molecule has 27 heavy (non-hydrogen) atoms. The van der Waals surface area contributed by atoms with Crippen LogP contribution in [-0.4, -0.2) is 59.5 Å². The third kappa shape index (κ3) is 4.45. The van der Waals surface area contributed by atoms with Crippen molar-refractivity contribution >= 4 is 5.82 Å². The third-order valence-electron chi connectivity index (χ3n) is 5.62. The van der Waals surface area contributed by atoms with Crippen molar-refractivity contribution in [3.05, 3.63) is 47.4 Å². The van der Waals surface area contributed by atoms with E-state index in [9.17, 15) is 0 Å². The summed E-state index contributed by atoms with van der Waals surface area (Å²) < 4.78 is 6.05. The van der Waals surface area contributed by atoms with Crippen molar-refractivity contribution in [2.45, 2.75) is 33.2 Å². The monoisotopic (exact) mass is 367 g/mol. The predicted octanol–water partition coefficient (Wildman–Crippen LogP) is 2.61. The first-order chi connectivity index (χ1) is 13.1. The molecule has 0 radical (unpaired) electrons. The Hall–Kier alpha value is -2.05. The number of hydrogen-bond acceptors (Lipinski definition) is 6. The number of aryl methyl sites for hydroxylation is 2. The van der Waals surface area contributed by atoms with Crippen LogP contribution < -0.4 is 4.90 Å². The molecule has 0 saturated carbocycles. The van der Waals surface area contributed by atoms with E-state index in [0.717, 1.165) is 68.8 Å². The van der Waals surface area contributed by atoms with Crippen molar-refractivity contribution in [3.63, 3.8) is 0 Å². The Morgan fingerprint density at radius 1 is 1.04 bits per heavy atom. The number of aromatic nitrogens is 3. The highest BCUT2D eigenvalue weighted by molar-refractivity contribution is 5.38. The second-order valence-electron chi connectivity index (χ2n) is 8.09. The van der Waals surface area contributed by atoms with Gasteiger partial charge in [0.05, 0.1) is 24.6 Å². The van der Waals surface area contributed by atoms with E-state index in [1.54, 1.807) is 0 Å². The van der Waals surface area contributed by atoms with Crippen molar-refractivity contribution in [2.75, 3.05) is 44.3 Å². The van der Waals surface area contributed by atoms with E-state index in [2.05, 4.69) is 56.2 Å². The third-order valence-corrected chi connectivity index (χ3v) is 5.62. The number of anilines is 1. The van der Waals surface area contributed by atoms with Gasteiger partial charge in [-0.25, -0.2) is 0 Å². The molecule has 0 unspecified atom stereocenters. The molecule has 0 aromatic carbocycles. The molecule has 0 amide bonds. The summed E-state index contributed by atoms with van der Waals surface area (Å²) in [4.78, 5) is 9.58. The van der Waals surface area contributed by atoms with E-state index in [-0.39, 0.29) is 5.41 Å². The van der Waals surface area contributed by atoms with E-state index >= 15 is 0 Å². The van der Waals surface area contributed by atoms with Gasteiger partial charge in [-0.2, -0.15) is 5.10 Å². The van der Waals surface area contributed by atoms with Gasteiger partial charge in [-0.05, 0) is 57.5 Å². The largest absolute Gasteiger partial charge is 0.379 e. The number of likely N-dealkylation sites (tertiary alicyclic amines) is 1. The Morgan fingerprint density at radius 3 is 2.78 bits per heavy atom. The summed E-state index contributed by atoms with van der Waals surface area (Å²) in [7, 11) is 0. The Balaban J connectivity index is 1.49. The molecule has 2 aliphatic heterocycles. The van der Waals surface area contributed by atoms with Gasteiger partial charge in [0.15, 0.2) is 5.82 Å². The van der Waals surface area contributed by atoms with Gasteiger partial charge in [-0.1, -0.05) is 6.07 Å². The van der Waals surface area contributed by atoms with Crippen LogP contribution in [0.15, 0.2) is 30.3 Å². The molecule has 1 atom stereocenters. The van der Waals surface area contributed by atoms with E-state index in [0.29, 0.717) is 0 Å². The van der Waals surface area contributed by atoms with Crippen LogP contribution >= 0.6 is 0 Å². The number of hydrogen-bond donors (Lipinski definition) is 0. The van der Waals surface area contributed by atoms with Crippen molar-refractivity contribution in [3.8, 4) is 0 Å². The maximum Gasteiger partial charge on any atom is 0.151 e. The minimum atomic E-state index is 0.144. The zero-order valence-electron chi connectivity index (χ0n) is 16.4. The second-order valence-corrected chi connectivity index (χ2v) is 8.09. The number of rotatable bonds is 3. The minimum absolute atomic E-state index is 0.144. The fourth-order valence-electron chi connectivity index (χ4n) is 4.36. The molecule has 6 nitrogen and oxygen atoms in total. The summed E-state index contributed by atoms with van der Waals surface area (Å²) >= 11 is 0. The van der Waals surface area contributed by atoms with Crippen molar-refractivity contribution in [1.82, 2.24) is 20.1 Å². The molecule has 0 N–H and O–H groups in total. The lowest BCUT2D eigenvalue weighted by Gasteiger charge is -2.43. The average molecular weight is 367 g/mol. The van der Waals surface area contributed by atoms with E-state index in [4.69, 9.17) is 4.74 Å². The van der Waals surface area contributed by atoms with Crippen LogP contribution in [0.1, 0.15) is 29.9 Å². The van der Waals surface area contributed by atoms with E-state index in [1.165, 1.54) is 12.8 Å². The number of ether oxygens (including phenoxy) is 1. The normalized spacial score (nSPS) is 24.1. The molecular weight excluding hydrogens is 338 g/mol. The maximum absolute atomic E-state index is 6.05. The van der Waals surface area contributed by atoms with Crippen LogP contribution in [0.4, 0.5) is 5.82 Å². The van der Waals surface area contributed by atoms with Gasteiger partial charge >= 0.3 is 0 Å². The summed E-state index contributed by atoms with van der Waals surface area (Å²) in [5.41, 5.74) is 3.34. The van der Waals surface area contributed by atoms with Gasteiger partial charge in [0.2, 0.25) is 0 Å². The Kier molecular flexibility index (Phi) is 5.36. The lowest BCUT2D eigenvalue weighted by atomic mass is 9.80. The van der Waals surface area contributed by atoms with Crippen molar-refractivity contribution in [2.24, 2.45) is 5.41 Å². The molecule has 2 aromatic rings. The molecule has 1 spiro atoms. The quantitative estimate of drug-likeness (QED) is 0.831. The van der Waals surface area contributed by atoms with Crippen LogP contribution in [-0.2, 0) is 11.3 Å². The number of piperidine rings is 1. The zero-order valence-corrected chi connectivity index (χ0v) is 16.4. The second kappa shape index (κ2) is 7.90. The lowest BCUT2D eigenvalue weighted by Crippen LogP contribution is -2.50. The molecule has 0 bridgehead atoms. The highest BCUT2D eigenvalue weighted by atomic mass is 16.5.